The van der Waals surface area contributed by atoms with E-state index in [9.17, 15) is 18.8 Å². The van der Waals surface area contributed by atoms with Crippen LogP contribution in [0, 0.1) is 11.7 Å². The van der Waals surface area contributed by atoms with Crippen LogP contribution in [0.3, 0.4) is 0 Å². The number of hydrogen-bond donors (Lipinski definition) is 0. The monoisotopic (exact) mass is 387 g/mol. The topological polar surface area (TPSA) is 60.9 Å². The van der Waals surface area contributed by atoms with Crippen LogP contribution in [0.4, 0.5) is 4.39 Å². The standard InChI is InChI=1S/C21H26FN3O3/c1-2-19(26)23-9-7-16(8-10-23)21(28)25-13-11-24(12-14-25)20(27)15-17-5-3-4-6-18(17)22/h2-6,16H,1,7-15H2. The van der Waals surface area contributed by atoms with Gasteiger partial charge in [-0.25, -0.2) is 4.39 Å². The molecule has 0 aromatic heterocycles. The molecule has 0 N–H and O–H groups in total. The van der Waals surface area contributed by atoms with Crippen molar-refractivity contribution in [3.8, 4) is 0 Å². The average molecular weight is 387 g/mol. The molecule has 2 fully saturated rings. The Morgan fingerprint density at radius 2 is 1.57 bits per heavy atom. The van der Waals surface area contributed by atoms with E-state index in [0.29, 0.717) is 57.7 Å². The highest BCUT2D eigenvalue weighted by Crippen LogP contribution is 2.21. The van der Waals surface area contributed by atoms with Crippen molar-refractivity contribution in [2.24, 2.45) is 5.92 Å². The fourth-order valence-electron chi connectivity index (χ4n) is 3.83. The van der Waals surface area contributed by atoms with Crippen molar-refractivity contribution in [3.05, 3.63) is 48.3 Å². The largest absolute Gasteiger partial charge is 0.339 e. The lowest BCUT2D eigenvalue weighted by atomic mass is 9.95. The molecule has 0 radical (unpaired) electrons. The Balaban J connectivity index is 1.46. The van der Waals surface area contributed by atoms with Gasteiger partial charge in [-0.05, 0) is 30.5 Å². The minimum atomic E-state index is -0.369. The third-order valence-corrected chi connectivity index (χ3v) is 5.57. The number of piperazine rings is 1. The third-order valence-electron chi connectivity index (χ3n) is 5.57. The maximum atomic E-state index is 13.7. The SMILES string of the molecule is C=CC(=O)N1CCC(C(=O)N2CCN(C(=O)Cc3ccccc3F)CC2)CC1. The van der Waals surface area contributed by atoms with Gasteiger partial charge in [0, 0.05) is 45.2 Å². The highest BCUT2D eigenvalue weighted by atomic mass is 19.1. The summed E-state index contributed by atoms with van der Waals surface area (Å²) in [5, 5.41) is 0. The number of likely N-dealkylation sites (tertiary alicyclic amines) is 1. The van der Waals surface area contributed by atoms with Gasteiger partial charge < -0.3 is 14.7 Å². The molecule has 0 atom stereocenters. The second kappa shape index (κ2) is 8.99. The minimum absolute atomic E-state index is 0.0381. The average Bonchev–Trinajstić information content (AvgIpc) is 2.74. The Bertz CT molecular complexity index is 751. The van der Waals surface area contributed by atoms with E-state index in [4.69, 9.17) is 0 Å². The second-order valence-corrected chi connectivity index (χ2v) is 7.28. The Morgan fingerprint density at radius 3 is 2.18 bits per heavy atom. The smallest absolute Gasteiger partial charge is 0.245 e. The first-order chi connectivity index (χ1) is 13.5. The maximum Gasteiger partial charge on any atom is 0.245 e. The molecule has 0 bridgehead atoms. The zero-order chi connectivity index (χ0) is 20.1. The van der Waals surface area contributed by atoms with Crippen molar-refractivity contribution < 1.29 is 18.8 Å². The van der Waals surface area contributed by atoms with Crippen molar-refractivity contribution in [1.29, 1.82) is 0 Å². The zero-order valence-corrected chi connectivity index (χ0v) is 16.0. The van der Waals surface area contributed by atoms with E-state index in [2.05, 4.69) is 6.58 Å². The number of carbonyl (C=O) groups is 3. The van der Waals surface area contributed by atoms with E-state index in [-0.39, 0.29) is 35.9 Å². The summed E-state index contributed by atoms with van der Waals surface area (Å²) in [5.74, 6) is -0.547. The van der Waals surface area contributed by atoms with E-state index in [1.165, 1.54) is 12.1 Å². The van der Waals surface area contributed by atoms with Crippen molar-refractivity contribution in [1.82, 2.24) is 14.7 Å². The van der Waals surface area contributed by atoms with E-state index >= 15 is 0 Å². The third kappa shape index (κ3) is 4.58. The van der Waals surface area contributed by atoms with Crippen LogP contribution in [0.25, 0.3) is 0 Å². The van der Waals surface area contributed by atoms with Gasteiger partial charge in [0.25, 0.3) is 0 Å². The van der Waals surface area contributed by atoms with Gasteiger partial charge in [-0.1, -0.05) is 24.8 Å². The first-order valence-electron chi connectivity index (χ1n) is 9.71. The number of benzene rings is 1. The van der Waals surface area contributed by atoms with E-state index in [1.807, 2.05) is 4.90 Å². The number of nitrogens with zero attached hydrogens (tertiary/aromatic N) is 3. The second-order valence-electron chi connectivity index (χ2n) is 7.28. The number of amides is 3. The molecule has 1 aromatic rings. The molecule has 0 spiro atoms. The van der Waals surface area contributed by atoms with Gasteiger partial charge in [-0.2, -0.15) is 0 Å². The molecule has 3 rings (SSSR count). The minimum Gasteiger partial charge on any atom is -0.339 e. The molecule has 0 unspecified atom stereocenters. The number of halogens is 1. The van der Waals surface area contributed by atoms with Gasteiger partial charge in [-0.3, -0.25) is 14.4 Å². The molecule has 2 heterocycles. The Kier molecular flexibility index (Phi) is 6.44. The molecule has 1 aromatic carbocycles. The van der Waals surface area contributed by atoms with Crippen molar-refractivity contribution >= 4 is 17.7 Å². The molecule has 0 saturated carbocycles. The van der Waals surface area contributed by atoms with Crippen molar-refractivity contribution in [2.75, 3.05) is 39.3 Å². The fourth-order valence-corrected chi connectivity index (χ4v) is 3.83. The molecule has 2 saturated heterocycles. The summed E-state index contributed by atoms with van der Waals surface area (Å²) in [5.41, 5.74) is 0.395. The summed E-state index contributed by atoms with van der Waals surface area (Å²) in [6, 6.07) is 6.30. The van der Waals surface area contributed by atoms with Gasteiger partial charge in [0.1, 0.15) is 5.82 Å². The molecular formula is C21H26FN3O3. The van der Waals surface area contributed by atoms with Gasteiger partial charge in [0.15, 0.2) is 0 Å². The van der Waals surface area contributed by atoms with Crippen LogP contribution in [0.1, 0.15) is 18.4 Å². The van der Waals surface area contributed by atoms with E-state index in [1.54, 1.807) is 28.0 Å². The van der Waals surface area contributed by atoms with Crippen molar-refractivity contribution in [2.45, 2.75) is 19.3 Å². The van der Waals surface area contributed by atoms with Gasteiger partial charge in [-0.15, -0.1) is 0 Å². The molecule has 6 nitrogen and oxygen atoms in total. The molecular weight excluding hydrogens is 361 g/mol. The number of piperidine rings is 1. The summed E-state index contributed by atoms with van der Waals surface area (Å²) < 4.78 is 13.7. The molecule has 0 aliphatic carbocycles. The normalized spacial score (nSPS) is 18.1. The van der Waals surface area contributed by atoms with Gasteiger partial charge >= 0.3 is 0 Å². The Hall–Kier alpha value is -2.70. The molecule has 3 amide bonds. The molecule has 7 heteroatoms. The Morgan fingerprint density at radius 1 is 0.964 bits per heavy atom. The van der Waals surface area contributed by atoms with Crippen LogP contribution in [-0.4, -0.2) is 71.7 Å². The first-order valence-corrected chi connectivity index (χ1v) is 9.71. The van der Waals surface area contributed by atoms with Crippen LogP contribution in [-0.2, 0) is 20.8 Å². The predicted molar refractivity (Wildman–Crippen MR) is 103 cm³/mol. The highest BCUT2D eigenvalue weighted by Gasteiger charge is 2.32. The highest BCUT2D eigenvalue weighted by molar-refractivity contribution is 5.87. The quantitative estimate of drug-likeness (QED) is 0.735. The van der Waals surface area contributed by atoms with Gasteiger partial charge in [0.2, 0.25) is 17.7 Å². The maximum absolute atomic E-state index is 13.7. The summed E-state index contributed by atoms with van der Waals surface area (Å²) in [7, 11) is 0. The lowest BCUT2D eigenvalue weighted by Crippen LogP contribution is -2.53. The van der Waals surface area contributed by atoms with E-state index < -0.39 is 0 Å². The predicted octanol–water partition coefficient (Wildman–Crippen LogP) is 1.46. The lowest BCUT2D eigenvalue weighted by Gasteiger charge is -2.38. The summed E-state index contributed by atoms with van der Waals surface area (Å²) in [6.45, 7) is 6.56. The first kappa shape index (κ1) is 20.0. The lowest BCUT2D eigenvalue weighted by molar-refractivity contribution is -0.143. The number of carbonyl (C=O) groups excluding carboxylic acids is 3. The van der Waals surface area contributed by atoms with Crippen LogP contribution in [0.15, 0.2) is 36.9 Å². The zero-order valence-electron chi connectivity index (χ0n) is 16.0. The number of hydrogen-bond acceptors (Lipinski definition) is 3. The molecule has 150 valence electrons. The summed E-state index contributed by atoms with van der Waals surface area (Å²) in [4.78, 5) is 42.1. The van der Waals surface area contributed by atoms with Crippen LogP contribution < -0.4 is 0 Å². The summed E-state index contributed by atoms with van der Waals surface area (Å²) in [6.07, 6.45) is 2.66. The Labute approximate surface area is 164 Å². The fraction of sp³-hybridized carbons (Fsp3) is 0.476. The van der Waals surface area contributed by atoms with Crippen LogP contribution in [0.5, 0.6) is 0 Å². The van der Waals surface area contributed by atoms with Crippen LogP contribution >= 0.6 is 0 Å². The molecule has 2 aliphatic rings. The molecule has 2 aliphatic heterocycles. The summed E-state index contributed by atoms with van der Waals surface area (Å²) >= 11 is 0. The number of rotatable bonds is 4. The van der Waals surface area contributed by atoms with Gasteiger partial charge in [0.05, 0.1) is 6.42 Å². The van der Waals surface area contributed by atoms with Crippen LogP contribution in [0.2, 0.25) is 0 Å². The van der Waals surface area contributed by atoms with Crippen molar-refractivity contribution in [3.63, 3.8) is 0 Å². The molecule has 28 heavy (non-hydrogen) atoms. The van der Waals surface area contributed by atoms with E-state index in [0.717, 1.165) is 0 Å².